The van der Waals surface area contributed by atoms with Gasteiger partial charge in [-0.1, -0.05) is 39.8 Å². The molecule has 0 spiro atoms. The molecule has 4 rings (SSSR count). The molecule has 0 radical (unpaired) electrons. The third kappa shape index (κ3) is 10.2. The van der Waals surface area contributed by atoms with E-state index in [2.05, 4.69) is 76.4 Å². The van der Waals surface area contributed by atoms with Crippen LogP contribution in [-0.4, -0.2) is 72.2 Å². The monoisotopic (exact) mass is 691 g/mol. The second kappa shape index (κ2) is 19.6. The highest BCUT2D eigenvalue weighted by molar-refractivity contribution is 8.76. The lowest BCUT2D eigenvalue weighted by Gasteiger charge is -2.26. The molecular weight excluding hydrogens is 645 g/mol. The Morgan fingerprint density at radius 3 is 1.81 bits per heavy atom. The van der Waals surface area contributed by atoms with Gasteiger partial charge in [0, 0.05) is 54.9 Å². The Labute approximate surface area is 293 Å². The number of benzene rings is 2. The SMILES string of the molecule is COc1cc(C=CC2=CC=CCN2CCCSSCCC[n+]2ccccc2C=Cc2cc(OC)c(OC)c(OC)c2)cc(OC)c1OC. The van der Waals surface area contributed by atoms with Gasteiger partial charge in [-0.15, -0.1) is 0 Å². The lowest BCUT2D eigenvalue weighted by molar-refractivity contribution is -0.698. The summed E-state index contributed by atoms with van der Waals surface area (Å²) in [6.07, 6.45) is 19.3. The van der Waals surface area contributed by atoms with Crippen LogP contribution in [0.15, 0.2) is 78.7 Å². The minimum Gasteiger partial charge on any atom is -0.493 e. The summed E-state index contributed by atoms with van der Waals surface area (Å²) in [5.74, 6) is 5.96. The fraction of sp³-hybridized carbons (Fsp3) is 0.342. The summed E-state index contributed by atoms with van der Waals surface area (Å²) in [6, 6.07) is 14.1. The molecule has 0 unspecified atom stereocenters. The number of hydrogen-bond donors (Lipinski definition) is 0. The zero-order valence-corrected chi connectivity index (χ0v) is 30.4. The van der Waals surface area contributed by atoms with Crippen LogP contribution < -0.4 is 33.0 Å². The first kappa shape index (κ1) is 36.7. The van der Waals surface area contributed by atoms with Gasteiger partial charge in [0.25, 0.3) is 0 Å². The van der Waals surface area contributed by atoms with Crippen LogP contribution in [0, 0.1) is 0 Å². The maximum Gasteiger partial charge on any atom is 0.205 e. The molecule has 2 heterocycles. The van der Waals surface area contributed by atoms with Crippen molar-refractivity contribution >= 4 is 39.8 Å². The van der Waals surface area contributed by atoms with Crippen molar-refractivity contribution in [2.75, 3.05) is 67.3 Å². The molecule has 8 nitrogen and oxygen atoms in total. The number of rotatable bonds is 19. The Kier molecular flexibility index (Phi) is 15.0. The topological polar surface area (TPSA) is 62.5 Å². The fourth-order valence-electron chi connectivity index (χ4n) is 5.28. The fourth-order valence-corrected chi connectivity index (χ4v) is 7.42. The van der Waals surface area contributed by atoms with Gasteiger partial charge in [-0.25, -0.2) is 0 Å². The Hall–Kier alpha value is -4.15. The molecule has 0 aliphatic carbocycles. The van der Waals surface area contributed by atoms with Crippen LogP contribution in [0.2, 0.25) is 0 Å². The van der Waals surface area contributed by atoms with E-state index in [9.17, 15) is 0 Å². The maximum absolute atomic E-state index is 5.51. The van der Waals surface area contributed by atoms with Crippen molar-refractivity contribution in [1.82, 2.24) is 4.90 Å². The minimum absolute atomic E-state index is 0.591. The standard InChI is InChI=1S/C38H47N2O6S2/c1-41-33-25-29(26-34(42-2)37(33)45-5)15-17-31-13-7-9-19-39(31)21-11-23-47-48-24-12-22-40-20-10-8-14-32(40)18-16-30-27-35(43-3)38(46-6)36(28-30)44-4/h7-10,13-19,25-28H,11-12,20-24H2,1-6H3/q+1. The van der Waals surface area contributed by atoms with Gasteiger partial charge in [-0.3, -0.25) is 0 Å². The molecule has 0 saturated carbocycles. The first-order valence-electron chi connectivity index (χ1n) is 15.9. The van der Waals surface area contributed by atoms with Crippen molar-refractivity contribution in [2.24, 2.45) is 0 Å². The lowest BCUT2D eigenvalue weighted by atomic mass is 10.1. The summed E-state index contributed by atoms with van der Waals surface area (Å²) in [5, 5.41) is 0. The van der Waals surface area contributed by atoms with Gasteiger partial charge in [0.15, 0.2) is 29.2 Å². The van der Waals surface area contributed by atoms with Gasteiger partial charge >= 0.3 is 0 Å². The normalized spacial score (nSPS) is 12.8. The van der Waals surface area contributed by atoms with E-state index >= 15 is 0 Å². The summed E-state index contributed by atoms with van der Waals surface area (Å²) < 4.78 is 35.2. The van der Waals surface area contributed by atoms with E-state index in [1.807, 2.05) is 45.9 Å². The molecule has 1 aromatic heterocycles. The number of aromatic nitrogens is 1. The van der Waals surface area contributed by atoms with E-state index in [1.165, 1.54) is 5.70 Å². The Morgan fingerprint density at radius 1 is 0.688 bits per heavy atom. The maximum atomic E-state index is 5.51. The molecule has 0 N–H and O–H groups in total. The van der Waals surface area contributed by atoms with Crippen LogP contribution in [0.25, 0.3) is 18.2 Å². The smallest absolute Gasteiger partial charge is 0.205 e. The lowest BCUT2D eigenvalue weighted by Crippen LogP contribution is -2.36. The minimum atomic E-state index is 0.591. The van der Waals surface area contributed by atoms with Crippen LogP contribution in [0.3, 0.4) is 0 Å². The molecule has 0 atom stereocenters. The van der Waals surface area contributed by atoms with Gasteiger partial charge in [-0.05, 0) is 66.1 Å². The molecule has 3 aromatic rings. The molecular formula is C38H47N2O6S2+. The number of pyridine rings is 1. The van der Waals surface area contributed by atoms with E-state index in [0.29, 0.717) is 34.5 Å². The summed E-state index contributed by atoms with van der Waals surface area (Å²) in [4.78, 5) is 2.42. The summed E-state index contributed by atoms with van der Waals surface area (Å²) >= 11 is 0. The number of allylic oxidation sites excluding steroid dienone is 3. The predicted octanol–water partition coefficient (Wildman–Crippen LogP) is 7.83. The Balaban J connectivity index is 1.21. The quantitative estimate of drug-likeness (QED) is 0.0711. The second-order valence-electron chi connectivity index (χ2n) is 10.7. The van der Waals surface area contributed by atoms with E-state index in [1.54, 1.807) is 42.7 Å². The molecule has 0 amide bonds. The van der Waals surface area contributed by atoms with Crippen molar-refractivity contribution in [3.8, 4) is 34.5 Å². The molecule has 48 heavy (non-hydrogen) atoms. The van der Waals surface area contributed by atoms with E-state index < -0.39 is 0 Å². The average molecular weight is 692 g/mol. The van der Waals surface area contributed by atoms with E-state index in [4.69, 9.17) is 28.4 Å². The highest BCUT2D eigenvalue weighted by Gasteiger charge is 2.15. The van der Waals surface area contributed by atoms with Crippen molar-refractivity contribution in [2.45, 2.75) is 19.4 Å². The summed E-state index contributed by atoms with van der Waals surface area (Å²) in [7, 11) is 13.7. The molecule has 1 aliphatic rings. The van der Waals surface area contributed by atoms with Crippen LogP contribution in [0.1, 0.15) is 29.7 Å². The number of hydrogen-bond acceptors (Lipinski definition) is 9. The molecule has 256 valence electrons. The third-order valence-electron chi connectivity index (χ3n) is 7.70. The molecule has 0 fully saturated rings. The molecule has 1 aliphatic heterocycles. The number of nitrogens with zero attached hydrogens (tertiary/aromatic N) is 2. The molecule has 0 bridgehead atoms. The van der Waals surface area contributed by atoms with Gasteiger partial charge in [-0.2, -0.15) is 4.57 Å². The van der Waals surface area contributed by atoms with Crippen LogP contribution >= 0.6 is 21.6 Å². The molecule has 2 aromatic carbocycles. The van der Waals surface area contributed by atoms with Crippen LogP contribution in [0.4, 0.5) is 0 Å². The van der Waals surface area contributed by atoms with Crippen molar-refractivity contribution in [3.63, 3.8) is 0 Å². The van der Waals surface area contributed by atoms with Gasteiger partial charge in [0.1, 0.15) is 6.54 Å². The highest BCUT2D eigenvalue weighted by Crippen LogP contribution is 2.39. The van der Waals surface area contributed by atoms with Crippen molar-refractivity contribution in [3.05, 3.63) is 95.5 Å². The number of ether oxygens (including phenoxy) is 6. The molecule has 10 heteroatoms. The third-order valence-corrected chi connectivity index (χ3v) is 10.3. The first-order valence-corrected chi connectivity index (χ1v) is 18.3. The number of aryl methyl sites for hydroxylation is 1. The van der Waals surface area contributed by atoms with Crippen molar-refractivity contribution in [1.29, 1.82) is 0 Å². The van der Waals surface area contributed by atoms with Gasteiger partial charge in [0.2, 0.25) is 17.2 Å². The van der Waals surface area contributed by atoms with Gasteiger partial charge < -0.3 is 33.3 Å². The number of methoxy groups -OCH3 is 6. The van der Waals surface area contributed by atoms with Crippen LogP contribution in [0.5, 0.6) is 34.5 Å². The summed E-state index contributed by atoms with van der Waals surface area (Å²) in [5.41, 5.74) is 4.30. The van der Waals surface area contributed by atoms with Crippen molar-refractivity contribution < 1.29 is 33.0 Å². The highest BCUT2D eigenvalue weighted by atomic mass is 33.1. The molecule has 0 saturated heterocycles. The first-order chi connectivity index (χ1) is 23.5. The zero-order valence-electron chi connectivity index (χ0n) is 28.8. The van der Waals surface area contributed by atoms with Crippen LogP contribution in [-0.2, 0) is 6.54 Å². The second-order valence-corrected chi connectivity index (χ2v) is 13.4. The van der Waals surface area contributed by atoms with Gasteiger partial charge in [0.05, 0.1) is 42.7 Å². The van der Waals surface area contributed by atoms with E-state index in [0.717, 1.165) is 60.8 Å². The van der Waals surface area contributed by atoms with E-state index in [-0.39, 0.29) is 0 Å². The Morgan fingerprint density at radius 2 is 1.25 bits per heavy atom. The average Bonchev–Trinajstić information content (AvgIpc) is 3.13. The predicted molar refractivity (Wildman–Crippen MR) is 200 cm³/mol. The largest absolute Gasteiger partial charge is 0.493 e. The zero-order chi connectivity index (χ0) is 34.1. The summed E-state index contributed by atoms with van der Waals surface area (Å²) in [6.45, 7) is 2.87. The Bertz CT molecular complexity index is 1550.